The van der Waals surface area contributed by atoms with E-state index in [0.717, 1.165) is 16.7 Å². The third-order valence-electron chi connectivity index (χ3n) is 4.63. The Hall–Kier alpha value is -2.76. The Morgan fingerprint density at radius 1 is 0.857 bits per heavy atom. The molecule has 28 heavy (non-hydrogen) atoms. The topological polar surface area (TPSA) is 66.9 Å². The molecule has 1 amide bonds. The van der Waals surface area contributed by atoms with E-state index in [0.29, 0.717) is 5.02 Å². The van der Waals surface area contributed by atoms with E-state index in [1.165, 1.54) is 0 Å². The van der Waals surface area contributed by atoms with Crippen molar-refractivity contribution in [1.29, 1.82) is 0 Å². The van der Waals surface area contributed by atoms with Crippen LogP contribution in [0.4, 0.5) is 0 Å². The summed E-state index contributed by atoms with van der Waals surface area (Å²) in [5.41, 5.74) is 2.86. The van der Waals surface area contributed by atoms with E-state index < -0.39 is 6.04 Å². The fourth-order valence-electron chi connectivity index (χ4n) is 3.04. The van der Waals surface area contributed by atoms with E-state index in [1.807, 2.05) is 56.3 Å². The third kappa shape index (κ3) is 5.15. The number of hydrogen-bond donors (Lipinski definition) is 2. The van der Waals surface area contributed by atoms with Crippen molar-refractivity contribution in [2.24, 2.45) is 0 Å². The van der Waals surface area contributed by atoms with Gasteiger partial charge in [0, 0.05) is 35.9 Å². The predicted molar refractivity (Wildman–Crippen MR) is 111 cm³/mol. The number of halogens is 1. The van der Waals surface area contributed by atoms with E-state index in [4.69, 9.17) is 11.6 Å². The second-order valence-corrected chi connectivity index (χ2v) is 7.10. The highest BCUT2D eigenvalue weighted by Crippen LogP contribution is 2.23. The van der Waals surface area contributed by atoms with Crippen molar-refractivity contribution in [2.75, 3.05) is 0 Å². The number of pyridine rings is 2. The second-order valence-electron chi connectivity index (χ2n) is 6.67. The maximum atomic E-state index is 13.2. The van der Waals surface area contributed by atoms with Crippen LogP contribution in [0.15, 0.2) is 73.3 Å². The molecule has 3 unspecified atom stereocenters. The molecule has 0 radical (unpaired) electrons. The summed E-state index contributed by atoms with van der Waals surface area (Å²) in [4.78, 5) is 21.2. The number of carbonyl (C=O) groups excluding carboxylic acids is 1. The van der Waals surface area contributed by atoms with Crippen molar-refractivity contribution in [1.82, 2.24) is 20.6 Å². The highest BCUT2D eigenvalue weighted by molar-refractivity contribution is 6.30. The highest BCUT2D eigenvalue weighted by Gasteiger charge is 2.24. The van der Waals surface area contributed by atoms with E-state index in [1.54, 1.807) is 30.9 Å². The second kappa shape index (κ2) is 9.44. The average Bonchev–Trinajstić information content (AvgIpc) is 2.73. The Morgan fingerprint density at radius 2 is 1.43 bits per heavy atom. The monoisotopic (exact) mass is 394 g/mol. The van der Waals surface area contributed by atoms with Gasteiger partial charge in [0.15, 0.2) is 0 Å². The van der Waals surface area contributed by atoms with E-state index in [9.17, 15) is 4.79 Å². The van der Waals surface area contributed by atoms with Crippen LogP contribution in [-0.4, -0.2) is 15.9 Å². The van der Waals surface area contributed by atoms with Crippen molar-refractivity contribution in [2.45, 2.75) is 32.0 Å². The van der Waals surface area contributed by atoms with Crippen molar-refractivity contribution in [3.63, 3.8) is 0 Å². The van der Waals surface area contributed by atoms with Gasteiger partial charge in [-0.25, -0.2) is 0 Å². The lowest BCUT2D eigenvalue weighted by Gasteiger charge is -2.25. The highest BCUT2D eigenvalue weighted by atomic mass is 35.5. The van der Waals surface area contributed by atoms with Gasteiger partial charge in [0.2, 0.25) is 5.91 Å². The van der Waals surface area contributed by atoms with Crippen molar-refractivity contribution in [3.8, 4) is 0 Å². The molecule has 0 aliphatic carbocycles. The number of rotatable bonds is 7. The lowest BCUT2D eigenvalue weighted by atomic mass is 10.0. The molecule has 144 valence electrons. The molecule has 2 heterocycles. The largest absolute Gasteiger partial charge is 0.348 e. The van der Waals surface area contributed by atoms with Crippen molar-refractivity contribution in [3.05, 3.63) is 95.0 Å². The summed E-state index contributed by atoms with van der Waals surface area (Å²) in [6.07, 6.45) is 6.92. The Morgan fingerprint density at radius 3 is 2.00 bits per heavy atom. The van der Waals surface area contributed by atoms with Gasteiger partial charge in [0.05, 0.1) is 6.04 Å². The van der Waals surface area contributed by atoms with Gasteiger partial charge < -0.3 is 5.32 Å². The minimum absolute atomic E-state index is 0.0473. The van der Waals surface area contributed by atoms with Crippen LogP contribution in [0.1, 0.15) is 48.7 Å². The summed E-state index contributed by atoms with van der Waals surface area (Å²) in [5.74, 6) is -0.118. The van der Waals surface area contributed by atoms with Gasteiger partial charge in [0.1, 0.15) is 6.04 Å². The van der Waals surface area contributed by atoms with Gasteiger partial charge >= 0.3 is 0 Å². The van der Waals surface area contributed by atoms with Gasteiger partial charge in [-0.15, -0.1) is 0 Å². The molecule has 3 rings (SSSR count). The maximum Gasteiger partial charge on any atom is 0.242 e. The van der Waals surface area contributed by atoms with Gasteiger partial charge in [-0.05, 0) is 66.9 Å². The molecular weight excluding hydrogens is 372 g/mol. The third-order valence-corrected chi connectivity index (χ3v) is 4.87. The zero-order valence-corrected chi connectivity index (χ0v) is 16.6. The number of hydrogen-bond acceptors (Lipinski definition) is 4. The molecule has 6 heteroatoms. The summed E-state index contributed by atoms with van der Waals surface area (Å²) < 4.78 is 0. The molecule has 5 nitrogen and oxygen atoms in total. The maximum absolute atomic E-state index is 13.2. The molecule has 0 aliphatic rings. The standard InChI is InChI=1S/C22H23ClN4O/c1-15(17-6-10-24-11-7-17)26-21(19-4-3-5-20(23)14-19)22(28)27-16(2)18-8-12-25-13-9-18/h3-16,21,26H,1-2H3,(H,27,28). The van der Waals surface area contributed by atoms with Crippen LogP contribution < -0.4 is 10.6 Å². The Bertz CT molecular complexity index is 905. The van der Waals surface area contributed by atoms with Crippen LogP contribution in [0.5, 0.6) is 0 Å². The van der Waals surface area contributed by atoms with Crippen LogP contribution >= 0.6 is 11.6 Å². The van der Waals surface area contributed by atoms with Crippen molar-refractivity contribution >= 4 is 17.5 Å². The summed E-state index contributed by atoms with van der Waals surface area (Å²) in [7, 11) is 0. The van der Waals surface area contributed by atoms with E-state index in [2.05, 4.69) is 20.6 Å². The smallest absolute Gasteiger partial charge is 0.242 e. The average molecular weight is 395 g/mol. The Balaban J connectivity index is 1.82. The Labute approximate surface area is 170 Å². The summed E-state index contributed by atoms with van der Waals surface area (Å²) in [5, 5.41) is 7.10. The van der Waals surface area contributed by atoms with Crippen LogP contribution in [0, 0.1) is 0 Å². The zero-order valence-electron chi connectivity index (χ0n) is 15.8. The molecule has 0 saturated carbocycles. The van der Waals surface area contributed by atoms with Crippen LogP contribution in [-0.2, 0) is 4.79 Å². The lowest BCUT2D eigenvalue weighted by Crippen LogP contribution is -2.39. The minimum Gasteiger partial charge on any atom is -0.348 e. The molecular formula is C22H23ClN4O. The van der Waals surface area contributed by atoms with Gasteiger partial charge in [-0.1, -0.05) is 23.7 Å². The molecule has 0 fully saturated rings. The predicted octanol–water partition coefficient (Wildman–Crippen LogP) is 4.40. The molecule has 0 aliphatic heterocycles. The van der Waals surface area contributed by atoms with E-state index in [-0.39, 0.29) is 18.0 Å². The first-order valence-electron chi connectivity index (χ1n) is 9.16. The number of carbonyl (C=O) groups is 1. The van der Waals surface area contributed by atoms with Gasteiger partial charge in [-0.3, -0.25) is 20.1 Å². The summed E-state index contributed by atoms with van der Waals surface area (Å²) in [6.45, 7) is 3.97. The summed E-state index contributed by atoms with van der Waals surface area (Å²) in [6, 6.07) is 14.3. The zero-order chi connectivity index (χ0) is 19.9. The first kappa shape index (κ1) is 20.0. The van der Waals surface area contributed by atoms with Crippen LogP contribution in [0.25, 0.3) is 0 Å². The van der Waals surface area contributed by atoms with Gasteiger partial charge in [-0.2, -0.15) is 0 Å². The van der Waals surface area contributed by atoms with Crippen LogP contribution in [0.2, 0.25) is 5.02 Å². The fraction of sp³-hybridized carbons (Fsp3) is 0.227. The number of benzene rings is 1. The molecule has 1 aromatic carbocycles. The SMILES string of the molecule is CC(NC(=O)C(NC(C)c1ccncc1)c1cccc(Cl)c1)c1ccncc1. The molecule has 3 aromatic rings. The molecule has 0 spiro atoms. The quantitative estimate of drug-likeness (QED) is 0.623. The Kier molecular flexibility index (Phi) is 6.74. The van der Waals surface area contributed by atoms with Crippen molar-refractivity contribution < 1.29 is 4.79 Å². The molecule has 2 N–H and O–H groups in total. The first-order chi connectivity index (χ1) is 13.5. The normalized spacial score (nSPS) is 14.1. The van der Waals surface area contributed by atoms with E-state index >= 15 is 0 Å². The number of amides is 1. The molecule has 0 bridgehead atoms. The minimum atomic E-state index is -0.550. The number of nitrogens with zero attached hydrogens (tertiary/aromatic N) is 2. The molecule has 3 atom stereocenters. The van der Waals surface area contributed by atoms with Crippen LogP contribution in [0.3, 0.4) is 0 Å². The molecule has 2 aromatic heterocycles. The molecule has 0 saturated heterocycles. The number of nitrogens with one attached hydrogen (secondary N) is 2. The fourth-order valence-corrected chi connectivity index (χ4v) is 3.24. The lowest BCUT2D eigenvalue weighted by molar-refractivity contribution is -0.124. The number of aromatic nitrogens is 2. The first-order valence-corrected chi connectivity index (χ1v) is 9.54. The van der Waals surface area contributed by atoms with Gasteiger partial charge in [0.25, 0.3) is 0 Å². The summed E-state index contributed by atoms with van der Waals surface area (Å²) >= 11 is 6.17.